The fourth-order valence-electron chi connectivity index (χ4n) is 2.95. The van der Waals surface area contributed by atoms with Gasteiger partial charge in [-0.15, -0.1) is 36.6 Å². The maximum absolute atomic E-state index is 12.3. The largest absolute Gasteiger partial charge is 0.387 e. The molecule has 3 rings (SSSR count). The smallest absolute Gasteiger partial charge is 0.240 e. The van der Waals surface area contributed by atoms with Gasteiger partial charge in [-0.05, 0) is 5.56 Å². The average Bonchev–Trinajstić information content (AvgIpc) is 3.10. The van der Waals surface area contributed by atoms with Crippen LogP contribution in [0.25, 0.3) is 0 Å². The van der Waals surface area contributed by atoms with Crippen LogP contribution in [0.5, 0.6) is 0 Å². The summed E-state index contributed by atoms with van der Waals surface area (Å²) in [6, 6.07) is 9.74. The van der Waals surface area contributed by atoms with Gasteiger partial charge in [0, 0.05) is 44.4 Å². The number of carbonyl (C=O) groups is 1. The SMILES string of the molecule is Cl.Cl.O=C(C1CSCN1)N1CCN(CC(O)c2ccccc2)CC1. The summed E-state index contributed by atoms with van der Waals surface area (Å²) in [5, 5.41) is 13.5. The number of nitrogens with zero attached hydrogens (tertiary/aromatic N) is 2. The maximum Gasteiger partial charge on any atom is 0.240 e. The van der Waals surface area contributed by atoms with Crippen LogP contribution in [0.15, 0.2) is 30.3 Å². The molecule has 2 aliphatic rings. The van der Waals surface area contributed by atoms with Gasteiger partial charge in [-0.1, -0.05) is 30.3 Å². The maximum atomic E-state index is 12.3. The van der Waals surface area contributed by atoms with Crippen molar-refractivity contribution in [3.63, 3.8) is 0 Å². The molecule has 0 radical (unpaired) electrons. The number of halogens is 2. The highest BCUT2D eigenvalue weighted by molar-refractivity contribution is 7.99. The molecule has 2 aliphatic heterocycles. The van der Waals surface area contributed by atoms with E-state index in [4.69, 9.17) is 0 Å². The molecule has 5 nitrogen and oxygen atoms in total. The van der Waals surface area contributed by atoms with Gasteiger partial charge in [0.1, 0.15) is 0 Å². The van der Waals surface area contributed by atoms with E-state index in [1.807, 2.05) is 35.2 Å². The molecule has 2 heterocycles. The van der Waals surface area contributed by atoms with E-state index in [0.29, 0.717) is 6.54 Å². The van der Waals surface area contributed by atoms with E-state index < -0.39 is 6.10 Å². The number of rotatable bonds is 4. The zero-order chi connectivity index (χ0) is 15.4. The van der Waals surface area contributed by atoms with Gasteiger partial charge in [0.25, 0.3) is 0 Å². The van der Waals surface area contributed by atoms with E-state index in [-0.39, 0.29) is 36.8 Å². The van der Waals surface area contributed by atoms with Crippen molar-refractivity contribution in [1.82, 2.24) is 15.1 Å². The van der Waals surface area contributed by atoms with E-state index in [1.54, 1.807) is 11.8 Å². The molecule has 2 atom stereocenters. The molecule has 0 bridgehead atoms. The zero-order valence-electron chi connectivity index (χ0n) is 13.5. The third-order valence-corrected chi connectivity index (χ3v) is 5.25. The number of carbonyl (C=O) groups excluding carboxylic acids is 1. The van der Waals surface area contributed by atoms with Crippen LogP contribution in [-0.4, -0.2) is 71.2 Å². The van der Waals surface area contributed by atoms with Crippen LogP contribution in [0.1, 0.15) is 11.7 Å². The number of aliphatic hydroxyl groups is 1. The number of thioether (sulfide) groups is 1. The Labute approximate surface area is 160 Å². The molecule has 0 saturated carbocycles. The number of aliphatic hydroxyl groups excluding tert-OH is 1. The Morgan fingerprint density at radius 2 is 1.88 bits per heavy atom. The monoisotopic (exact) mass is 393 g/mol. The van der Waals surface area contributed by atoms with Gasteiger partial charge < -0.3 is 10.0 Å². The molecule has 0 spiro atoms. The van der Waals surface area contributed by atoms with E-state index in [9.17, 15) is 9.90 Å². The van der Waals surface area contributed by atoms with E-state index in [2.05, 4.69) is 10.2 Å². The summed E-state index contributed by atoms with van der Waals surface area (Å²) in [5.41, 5.74) is 0.952. The van der Waals surface area contributed by atoms with E-state index >= 15 is 0 Å². The summed E-state index contributed by atoms with van der Waals surface area (Å²) in [5.74, 6) is 1.99. The highest BCUT2D eigenvalue weighted by Gasteiger charge is 2.29. The van der Waals surface area contributed by atoms with Crippen molar-refractivity contribution in [2.45, 2.75) is 12.1 Å². The van der Waals surface area contributed by atoms with Crippen LogP contribution in [-0.2, 0) is 4.79 Å². The fraction of sp³-hybridized carbons (Fsp3) is 0.562. The summed E-state index contributed by atoms with van der Waals surface area (Å²) < 4.78 is 0. The molecular weight excluding hydrogens is 369 g/mol. The molecule has 0 aliphatic carbocycles. The molecule has 1 aromatic carbocycles. The first-order chi connectivity index (χ1) is 10.7. The lowest BCUT2D eigenvalue weighted by molar-refractivity contribution is -0.134. The third kappa shape index (κ3) is 5.51. The van der Waals surface area contributed by atoms with Crippen molar-refractivity contribution in [2.24, 2.45) is 0 Å². The number of amides is 1. The highest BCUT2D eigenvalue weighted by Crippen LogP contribution is 2.16. The molecule has 1 amide bonds. The summed E-state index contributed by atoms with van der Waals surface area (Å²) >= 11 is 1.78. The molecule has 2 saturated heterocycles. The summed E-state index contributed by atoms with van der Waals surface area (Å²) in [7, 11) is 0. The summed E-state index contributed by atoms with van der Waals surface area (Å²) in [6.45, 7) is 3.79. The van der Waals surface area contributed by atoms with Crippen molar-refractivity contribution in [3.05, 3.63) is 35.9 Å². The van der Waals surface area contributed by atoms with Crippen LogP contribution < -0.4 is 5.32 Å². The van der Waals surface area contributed by atoms with Gasteiger partial charge in [0.2, 0.25) is 5.91 Å². The molecule has 0 aromatic heterocycles. The third-order valence-electron chi connectivity index (χ3n) is 4.31. The van der Waals surface area contributed by atoms with Gasteiger partial charge in [0.15, 0.2) is 0 Å². The van der Waals surface area contributed by atoms with Gasteiger partial charge in [-0.3, -0.25) is 15.0 Å². The van der Waals surface area contributed by atoms with E-state index in [0.717, 1.165) is 43.4 Å². The van der Waals surface area contributed by atoms with Gasteiger partial charge in [-0.25, -0.2) is 0 Å². The Bertz CT molecular complexity index is 495. The Morgan fingerprint density at radius 3 is 2.46 bits per heavy atom. The van der Waals surface area contributed by atoms with Crippen LogP contribution >= 0.6 is 36.6 Å². The fourth-order valence-corrected chi connectivity index (χ4v) is 3.88. The molecule has 2 N–H and O–H groups in total. The minimum absolute atomic E-state index is 0. The number of hydrogen-bond donors (Lipinski definition) is 2. The Balaban J connectivity index is 0.00000144. The molecule has 2 fully saturated rings. The first-order valence-electron chi connectivity index (χ1n) is 7.79. The van der Waals surface area contributed by atoms with Gasteiger partial charge >= 0.3 is 0 Å². The van der Waals surface area contributed by atoms with Crippen molar-refractivity contribution < 1.29 is 9.90 Å². The van der Waals surface area contributed by atoms with E-state index in [1.165, 1.54) is 0 Å². The first-order valence-corrected chi connectivity index (χ1v) is 8.95. The second-order valence-corrected chi connectivity index (χ2v) is 6.85. The van der Waals surface area contributed by atoms with Crippen molar-refractivity contribution in [3.8, 4) is 0 Å². The summed E-state index contributed by atoms with van der Waals surface area (Å²) in [6.07, 6.45) is -0.462. The number of hydrogen-bond acceptors (Lipinski definition) is 5. The minimum Gasteiger partial charge on any atom is -0.387 e. The molecule has 2 unspecified atom stereocenters. The Morgan fingerprint density at radius 1 is 1.21 bits per heavy atom. The summed E-state index contributed by atoms with van der Waals surface area (Å²) in [4.78, 5) is 16.5. The zero-order valence-corrected chi connectivity index (χ0v) is 15.9. The molecular formula is C16H25Cl2N3O2S. The van der Waals surface area contributed by atoms with Gasteiger partial charge in [-0.2, -0.15) is 0 Å². The lowest BCUT2D eigenvalue weighted by Crippen LogP contribution is -2.54. The Kier molecular flexibility index (Phi) is 9.41. The standard InChI is InChI=1S/C16H23N3O2S.2ClH/c20-15(13-4-2-1-3-5-13)10-18-6-8-19(9-7-18)16(21)14-11-22-12-17-14;;/h1-5,14-15,17,20H,6-12H2;2*1H. The minimum atomic E-state index is -0.462. The van der Waals surface area contributed by atoms with Crippen LogP contribution in [0.3, 0.4) is 0 Å². The number of benzene rings is 1. The average molecular weight is 394 g/mol. The van der Waals surface area contributed by atoms with Crippen LogP contribution in [0, 0.1) is 0 Å². The second kappa shape index (κ2) is 10.5. The topological polar surface area (TPSA) is 55.8 Å². The first kappa shape index (κ1) is 21.5. The molecule has 8 heteroatoms. The predicted octanol–water partition coefficient (Wildman–Crippen LogP) is 1.37. The van der Waals surface area contributed by atoms with Crippen molar-refractivity contribution in [2.75, 3.05) is 44.4 Å². The number of β-amino-alcohol motifs (C(OH)–C–C–N with tert-alkyl or cyclic N) is 1. The normalized spacial score (nSPS) is 22.4. The van der Waals surface area contributed by atoms with Crippen LogP contribution in [0.2, 0.25) is 0 Å². The molecule has 136 valence electrons. The lowest BCUT2D eigenvalue weighted by atomic mass is 10.1. The van der Waals surface area contributed by atoms with Crippen molar-refractivity contribution in [1.29, 1.82) is 0 Å². The molecule has 24 heavy (non-hydrogen) atoms. The Hall–Kier alpha value is -0.500. The lowest BCUT2D eigenvalue weighted by Gasteiger charge is -2.36. The van der Waals surface area contributed by atoms with Gasteiger partial charge in [0.05, 0.1) is 12.1 Å². The van der Waals surface area contributed by atoms with Crippen molar-refractivity contribution >= 4 is 42.5 Å². The highest BCUT2D eigenvalue weighted by atomic mass is 35.5. The second-order valence-electron chi connectivity index (χ2n) is 5.82. The number of nitrogens with one attached hydrogen (secondary N) is 1. The van der Waals surface area contributed by atoms with Crippen LogP contribution in [0.4, 0.5) is 0 Å². The molecule has 1 aromatic rings. The predicted molar refractivity (Wildman–Crippen MR) is 103 cm³/mol. The quantitative estimate of drug-likeness (QED) is 0.808. The number of piperazine rings is 1.